The van der Waals surface area contributed by atoms with Crippen LogP contribution in [0.3, 0.4) is 0 Å². The van der Waals surface area contributed by atoms with Crippen LogP contribution in [0, 0.1) is 23.7 Å². The van der Waals surface area contributed by atoms with Gasteiger partial charge in [-0.25, -0.2) is 0 Å². The molecule has 4 unspecified atom stereocenters. The Labute approximate surface area is 144 Å². The van der Waals surface area contributed by atoms with Crippen molar-refractivity contribution in [3.63, 3.8) is 0 Å². The summed E-state index contributed by atoms with van der Waals surface area (Å²) >= 11 is 0. The number of amides is 1. The Morgan fingerprint density at radius 1 is 1.17 bits per heavy atom. The van der Waals surface area contributed by atoms with Crippen LogP contribution in [0.4, 0.5) is 0 Å². The highest BCUT2D eigenvalue weighted by Gasteiger charge is 2.42. The molecule has 1 saturated heterocycles. The van der Waals surface area contributed by atoms with Gasteiger partial charge < -0.3 is 10.4 Å². The minimum Gasteiger partial charge on any atom is -0.481 e. The molecule has 1 amide bonds. The van der Waals surface area contributed by atoms with E-state index in [0.717, 1.165) is 11.8 Å². The fourth-order valence-corrected chi connectivity index (χ4v) is 4.85. The lowest BCUT2D eigenvalue weighted by molar-refractivity contribution is -0.143. The number of likely N-dealkylation sites (tertiary alicyclic amines) is 1. The van der Waals surface area contributed by atoms with Crippen molar-refractivity contribution in [1.82, 2.24) is 10.2 Å². The summed E-state index contributed by atoms with van der Waals surface area (Å²) in [6.07, 6.45) is 6.71. The molecule has 2 N–H and O–H groups in total. The predicted molar refractivity (Wildman–Crippen MR) is 90.6 cm³/mol. The first kappa shape index (κ1) is 18.5. The minimum atomic E-state index is -0.700. The summed E-state index contributed by atoms with van der Waals surface area (Å²) in [5.41, 5.74) is 0. The molecule has 2 bridgehead atoms. The summed E-state index contributed by atoms with van der Waals surface area (Å²) in [4.78, 5) is 25.3. The fraction of sp³-hybridized carbons (Fsp3) is 0.882. The first-order valence-electron chi connectivity index (χ1n) is 8.77. The van der Waals surface area contributed by atoms with E-state index in [4.69, 9.17) is 5.11 Å². The van der Waals surface area contributed by atoms with Crippen LogP contribution >= 0.6 is 12.4 Å². The second kappa shape index (κ2) is 7.84. The summed E-state index contributed by atoms with van der Waals surface area (Å²) in [6.45, 7) is 4.00. The number of hydrogen-bond acceptors (Lipinski definition) is 3. The van der Waals surface area contributed by atoms with Crippen molar-refractivity contribution in [3.8, 4) is 0 Å². The standard InChI is InChI=1S/C17H28N2O3.ClH/c1-11(15-9-12-2-3-14(15)8-12)18-16(20)10-19-6-4-13(5-7-19)17(21)22;/h11-15H,2-10H2,1H3,(H,18,20)(H,21,22);1H. The van der Waals surface area contributed by atoms with Crippen molar-refractivity contribution in [1.29, 1.82) is 0 Å². The molecule has 3 aliphatic rings. The summed E-state index contributed by atoms with van der Waals surface area (Å²) in [5, 5.41) is 12.2. The first-order valence-corrected chi connectivity index (χ1v) is 8.77. The maximum Gasteiger partial charge on any atom is 0.306 e. The summed E-state index contributed by atoms with van der Waals surface area (Å²) in [6, 6.07) is 0.277. The number of rotatable bonds is 5. The topological polar surface area (TPSA) is 69.6 Å². The quantitative estimate of drug-likeness (QED) is 0.801. The molecular weight excluding hydrogens is 316 g/mol. The number of piperidine rings is 1. The van der Waals surface area contributed by atoms with E-state index in [1.165, 1.54) is 25.7 Å². The maximum atomic E-state index is 12.2. The van der Waals surface area contributed by atoms with Gasteiger partial charge in [-0.15, -0.1) is 12.4 Å². The zero-order valence-electron chi connectivity index (χ0n) is 13.9. The van der Waals surface area contributed by atoms with Gasteiger partial charge in [-0.05, 0) is 69.9 Å². The van der Waals surface area contributed by atoms with E-state index in [1.807, 2.05) is 0 Å². The van der Waals surface area contributed by atoms with E-state index in [9.17, 15) is 9.59 Å². The summed E-state index contributed by atoms with van der Waals surface area (Å²) < 4.78 is 0. The number of fused-ring (bicyclic) bond motifs is 2. The van der Waals surface area contributed by atoms with E-state index >= 15 is 0 Å². The normalized spacial score (nSPS) is 32.3. The molecule has 1 heterocycles. The average molecular weight is 345 g/mol. The number of carbonyl (C=O) groups excluding carboxylic acids is 1. The van der Waals surface area contributed by atoms with Crippen molar-refractivity contribution in [2.45, 2.75) is 51.5 Å². The molecule has 6 heteroatoms. The Kier molecular flexibility index (Phi) is 6.32. The minimum absolute atomic E-state index is 0. The highest BCUT2D eigenvalue weighted by molar-refractivity contribution is 5.85. The highest BCUT2D eigenvalue weighted by atomic mass is 35.5. The molecule has 0 aromatic heterocycles. The number of nitrogens with zero attached hydrogens (tertiary/aromatic N) is 1. The first-order chi connectivity index (χ1) is 10.5. The lowest BCUT2D eigenvalue weighted by Crippen LogP contribution is -2.47. The van der Waals surface area contributed by atoms with Crippen LogP contribution in [0.15, 0.2) is 0 Å². The Morgan fingerprint density at radius 2 is 1.87 bits per heavy atom. The van der Waals surface area contributed by atoms with E-state index in [2.05, 4.69) is 17.1 Å². The zero-order chi connectivity index (χ0) is 15.7. The predicted octanol–water partition coefficient (Wildman–Crippen LogP) is 2.15. The molecule has 2 aliphatic carbocycles. The number of halogens is 1. The fourth-order valence-electron chi connectivity index (χ4n) is 4.85. The lowest BCUT2D eigenvalue weighted by atomic mass is 9.84. The maximum absolute atomic E-state index is 12.2. The number of carbonyl (C=O) groups is 2. The number of carboxylic acid groups (broad SMARTS) is 1. The number of nitrogens with one attached hydrogen (secondary N) is 1. The largest absolute Gasteiger partial charge is 0.481 e. The van der Waals surface area contributed by atoms with E-state index in [-0.39, 0.29) is 30.3 Å². The van der Waals surface area contributed by atoms with Crippen LogP contribution < -0.4 is 5.32 Å². The van der Waals surface area contributed by atoms with Gasteiger partial charge in [-0.3, -0.25) is 14.5 Å². The van der Waals surface area contributed by atoms with Crippen LogP contribution in [0.2, 0.25) is 0 Å². The Hall–Kier alpha value is -0.810. The number of hydrogen-bond donors (Lipinski definition) is 2. The highest BCUT2D eigenvalue weighted by Crippen LogP contribution is 2.49. The van der Waals surface area contributed by atoms with Gasteiger partial charge in [0, 0.05) is 6.04 Å². The monoisotopic (exact) mass is 344 g/mol. The molecule has 1 aliphatic heterocycles. The molecule has 5 nitrogen and oxygen atoms in total. The Bertz CT molecular complexity index is 438. The molecule has 0 radical (unpaired) electrons. The lowest BCUT2D eigenvalue weighted by Gasteiger charge is -2.31. The molecule has 0 spiro atoms. The van der Waals surface area contributed by atoms with Gasteiger partial charge in [-0.1, -0.05) is 6.42 Å². The summed E-state index contributed by atoms with van der Waals surface area (Å²) in [7, 11) is 0. The molecule has 3 fully saturated rings. The molecule has 4 atom stereocenters. The van der Waals surface area contributed by atoms with Gasteiger partial charge in [0.25, 0.3) is 0 Å². The Morgan fingerprint density at radius 3 is 2.39 bits per heavy atom. The average Bonchev–Trinajstić information content (AvgIpc) is 3.10. The van der Waals surface area contributed by atoms with Crippen molar-refractivity contribution >= 4 is 24.3 Å². The van der Waals surface area contributed by atoms with Crippen LogP contribution in [0.1, 0.15) is 45.4 Å². The third-order valence-corrected chi connectivity index (χ3v) is 6.13. The Balaban J connectivity index is 0.00000192. The van der Waals surface area contributed by atoms with E-state index < -0.39 is 5.97 Å². The molecule has 0 aromatic rings. The smallest absolute Gasteiger partial charge is 0.306 e. The number of aliphatic carboxylic acids is 1. The van der Waals surface area contributed by atoms with Crippen LogP contribution in [0.5, 0.6) is 0 Å². The van der Waals surface area contributed by atoms with Gasteiger partial charge >= 0.3 is 5.97 Å². The second-order valence-electron chi connectivity index (χ2n) is 7.58. The zero-order valence-corrected chi connectivity index (χ0v) is 14.7. The van der Waals surface area contributed by atoms with Crippen molar-refractivity contribution in [2.75, 3.05) is 19.6 Å². The van der Waals surface area contributed by atoms with Gasteiger partial charge in [0.1, 0.15) is 0 Å². The van der Waals surface area contributed by atoms with E-state index in [0.29, 0.717) is 38.4 Å². The second-order valence-corrected chi connectivity index (χ2v) is 7.58. The van der Waals surface area contributed by atoms with Gasteiger partial charge in [0.2, 0.25) is 5.91 Å². The molecule has 132 valence electrons. The number of carboxylic acids is 1. The summed E-state index contributed by atoms with van der Waals surface area (Å²) in [5.74, 6) is 1.57. The molecule has 0 aromatic carbocycles. The molecule has 2 saturated carbocycles. The molecule has 23 heavy (non-hydrogen) atoms. The van der Waals surface area contributed by atoms with Crippen molar-refractivity contribution in [2.24, 2.45) is 23.7 Å². The van der Waals surface area contributed by atoms with E-state index in [1.54, 1.807) is 0 Å². The van der Waals surface area contributed by atoms with Crippen LogP contribution in [-0.2, 0) is 9.59 Å². The molecule has 3 rings (SSSR count). The van der Waals surface area contributed by atoms with Gasteiger partial charge in [0.15, 0.2) is 0 Å². The molecular formula is C17H29ClN2O3. The van der Waals surface area contributed by atoms with Gasteiger partial charge in [0.05, 0.1) is 12.5 Å². The van der Waals surface area contributed by atoms with Crippen molar-refractivity contribution < 1.29 is 14.7 Å². The van der Waals surface area contributed by atoms with Crippen molar-refractivity contribution in [3.05, 3.63) is 0 Å². The third-order valence-electron chi connectivity index (χ3n) is 6.13. The van der Waals surface area contributed by atoms with Crippen LogP contribution in [-0.4, -0.2) is 47.6 Å². The van der Waals surface area contributed by atoms with Gasteiger partial charge in [-0.2, -0.15) is 0 Å². The SMILES string of the molecule is CC(NC(=O)CN1CCC(C(=O)O)CC1)C1CC2CCC1C2.Cl. The third kappa shape index (κ3) is 4.38. The van der Waals surface area contributed by atoms with Crippen LogP contribution in [0.25, 0.3) is 0 Å².